The summed E-state index contributed by atoms with van der Waals surface area (Å²) in [5, 5.41) is 13.3. The largest absolute Gasteiger partial charge is 0.377 e. The van der Waals surface area contributed by atoms with Gasteiger partial charge in [0.15, 0.2) is 0 Å². The lowest BCUT2D eigenvalue weighted by Crippen LogP contribution is -2.28. The van der Waals surface area contributed by atoms with E-state index in [-0.39, 0.29) is 29.1 Å². The molecule has 0 aliphatic heterocycles. The second-order valence-corrected chi connectivity index (χ2v) is 4.34. The van der Waals surface area contributed by atoms with Crippen molar-refractivity contribution in [2.75, 3.05) is 13.2 Å². The number of rotatable bonds is 6. The maximum Gasteiger partial charge on any atom is 0.300 e. The Morgan fingerprint density at radius 3 is 2.89 bits per heavy atom. The van der Waals surface area contributed by atoms with Crippen LogP contribution in [0.2, 0.25) is 5.15 Å². The molecular weight excluding hydrogens is 274 g/mol. The van der Waals surface area contributed by atoms with Crippen molar-refractivity contribution in [1.82, 2.24) is 10.3 Å². The van der Waals surface area contributed by atoms with E-state index in [1.807, 2.05) is 13.8 Å². The van der Waals surface area contributed by atoms with Gasteiger partial charge in [-0.2, -0.15) is 0 Å². The highest BCUT2D eigenvalue weighted by Crippen LogP contribution is 2.19. The lowest BCUT2D eigenvalue weighted by Gasteiger charge is -2.08. The first kappa shape index (κ1) is 15.3. The van der Waals surface area contributed by atoms with Crippen molar-refractivity contribution in [3.63, 3.8) is 0 Å². The van der Waals surface area contributed by atoms with E-state index in [0.29, 0.717) is 6.61 Å². The molecule has 0 bridgehead atoms. The molecule has 0 aliphatic carbocycles. The summed E-state index contributed by atoms with van der Waals surface area (Å²) >= 11 is 5.63. The van der Waals surface area contributed by atoms with E-state index in [9.17, 15) is 14.9 Å². The van der Waals surface area contributed by atoms with Gasteiger partial charge in [-0.25, -0.2) is 4.98 Å². The summed E-state index contributed by atoms with van der Waals surface area (Å²) in [6.45, 7) is 4.33. The molecule has 1 rings (SSSR count). The number of carbonyl (C=O) groups is 1. The molecule has 0 fully saturated rings. The predicted octanol–water partition coefficient (Wildman–Crippen LogP) is 1.80. The lowest BCUT2D eigenvalue weighted by molar-refractivity contribution is -0.385. The highest BCUT2D eigenvalue weighted by atomic mass is 35.5. The summed E-state index contributed by atoms with van der Waals surface area (Å²) in [4.78, 5) is 25.5. The topological polar surface area (TPSA) is 94.4 Å². The molecule has 1 amide bonds. The Kier molecular flexibility index (Phi) is 5.65. The van der Waals surface area contributed by atoms with Crippen LogP contribution in [0.5, 0.6) is 0 Å². The SMILES string of the molecule is CC(C)OCCNC(=O)c1cc(Cl)ncc1[N+](=O)[O-]. The Hall–Kier alpha value is -1.73. The summed E-state index contributed by atoms with van der Waals surface area (Å²) in [5.74, 6) is -0.580. The number of hydrogen-bond donors (Lipinski definition) is 1. The number of halogens is 1. The molecule has 104 valence electrons. The number of ether oxygens (including phenoxy) is 1. The molecule has 0 atom stereocenters. The third kappa shape index (κ3) is 4.80. The first-order valence-corrected chi connectivity index (χ1v) is 5.99. The van der Waals surface area contributed by atoms with Gasteiger partial charge in [-0.3, -0.25) is 14.9 Å². The number of nitrogens with zero attached hydrogens (tertiary/aromatic N) is 2. The van der Waals surface area contributed by atoms with Gasteiger partial charge in [0.25, 0.3) is 11.6 Å². The molecule has 1 N–H and O–H groups in total. The Morgan fingerprint density at radius 1 is 1.63 bits per heavy atom. The second-order valence-electron chi connectivity index (χ2n) is 3.96. The van der Waals surface area contributed by atoms with Crippen LogP contribution in [-0.2, 0) is 4.74 Å². The zero-order valence-corrected chi connectivity index (χ0v) is 11.3. The van der Waals surface area contributed by atoms with Crippen LogP contribution in [0.25, 0.3) is 0 Å². The van der Waals surface area contributed by atoms with Gasteiger partial charge >= 0.3 is 0 Å². The minimum atomic E-state index is -0.678. The average Bonchev–Trinajstić information content (AvgIpc) is 2.33. The Balaban J connectivity index is 2.70. The number of aromatic nitrogens is 1. The van der Waals surface area contributed by atoms with Crippen LogP contribution in [0, 0.1) is 10.1 Å². The van der Waals surface area contributed by atoms with Gasteiger partial charge in [0.05, 0.1) is 17.6 Å². The fourth-order valence-electron chi connectivity index (χ4n) is 1.30. The zero-order valence-electron chi connectivity index (χ0n) is 10.6. The minimum Gasteiger partial charge on any atom is -0.377 e. The van der Waals surface area contributed by atoms with Gasteiger partial charge in [0.1, 0.15) is 16.9 Å². The van der Waals surface area contributed by atoms with Crippen LogP contribution >= 0.6 is 11.6 Å². The van der Waals surface area contributed by atoms with Crippen molar-refractivity contribution >= 4 is 23.2 Å². The van der Waals surface area contributed by atoms with Gasteiger partial charge in [0.2, 0.25) is 0 Å². The van der Waals surface area contributed by atoms with E-state index in [2.05, 4.69) is 10.3 Å². The van der Waals surface area contributed by atoms with E-state index in [1.165, 1.54) is 6.07 Å². The standard InChI is InChI=1S/C11H14ClN3O4/c1-7(2)19-4-3-13-11(16)8-5-10(12)14-6-9(8)15(17)18/h5-7H,3-4H2,1-2H3,(H,13,16). The molecule has 19 heavy (non-hydrogen) atoms. The van der Waals surface area contributed by atoms with E-state index in [4.69, 9.17) is 16.3 Å². The fraction of sp³-hybridized carbons (Fsp3) is 0.455. The molecule has 1 aromatic rings. The zero-order chi connectivity index (χ0) is 14.4. The Morgan fingerprint density at radius 2 is 2.32 bits per heavy atom. The summed E-state index contributed by atoms with van der Waals surface area (Å²) in [6, 6.07) is 1.17. The minimum absolute atomic E-state index is 0.0224. The quantitative estimate of drug-likeness (QED) is 0.372. The van der Waals surface area contributed by atoms with Crippen LogP contribution in [0.4, 0.5) is 5.69 Å². The first-order valence-electron chi connectivity index (χ1n) is 5.61. The van der Waals surface area contributed by atoms with Crippen molar-refractivity contribution in [1.29, 1.82) is 0 Å². The monoisotopic (exact) mass is 287 g/mol. The maximum atomic E-state index is 11.8. The average molecular weight is 288 g/mol. The number of nitrogens with one attached hydrogen (secondary N) is 1. The van der Waals surface area contributed by atoms with E-state index in [1.54, 1.807) is 0 Å². The molecule has 1 heterocycles. The molecule has 7 nitrogen and oxygen atoms in total. The number of carbonyl (C=O) groups excluding carboxylic acids is 1. The molecule has 0 saturated carbocycles. The molecule has 0 aromatic carbocycles. The van der Waals surface area contributed by atoms with Crippen molar-refractivity contribution in [3.8, 4) is 0 Å². The van der Waals surface area contributed by atoms with Crippen LogP contribution in [-0.4, -0.2) is 35.1 Å². The number of nitro groups is 1. The maximum absolute atomic E-state index is 11.8. The van der Waals surface area contributed by atoms with E-state index in [0.717, 1.165) is 6.20 Å². The predicted molar refractivity (Wildman–Crippen MR) is 69.3 cm³/mol. The van der Waals surface area contributed by atoms with Crippen LogP contribution in [0.15, 0.2) is 12.3 Å². The molecule has 0 saturated heterocycles. The second kappa shape index (κ2) is 7.01. The fourth-order valence-corrected chi connectivity index (χ4v) is 1.46. The molecule has 1 aromatic heterocycles. The summed E-state index contributed by atoms with van der Waals surface area (Å²) in [5.41, 5.74) is -0.499. The molecule has 8 heteroatoms. The Labute approximate surface area is 115 Å². The van der Waals surface area contributed by atoms with Gasteiger partial charge in [-0.1, -0.05) is 11.6 Å². The summed E-state index contributed by atoms with van der Waals surface area (Å²) in [7, 11) is 0. The summed E-state index contributed by atoms with van der Waals surface area (Å²) < 4.78 is 5.24. The lowest BCUT2D eigenvalue weighted by atomic mass is 10.2. The highest BCUT2D eigenvalue weighted by Gasteiger charge is 2.21. The highest BCUT2D eigenvalue weighted by molar-refractivity contribution is 6.29. The van der Waals surface area contributed by atoms with Crippen molar-refractivity contribution in [3.05, 3.63) is 33.1 Å². The molecular formula is C11H14ClN3O4. The van der Waals surface area contributed by atoms with Crippen LogP contribution in [0.1, 0.15) is 24.2 Å². The third-order valence-electron chi connectivity index (χ3n) is 2.13. The summed E-state index contributed by atoms with van der Waals surface area (Å²) in [6.07, 6.45) is 1.02. The van der Waals surface area contributed by atoms with Gasteiger partial charge < -0.3 is 10.1 Å². The van der Waals surface area contributed by atoms with Crippen LogP contribution < -0.4 is 5.32 Å². The van der Waals surface area contributed by atoms with Crippen molar-refractivity contribution in [2.45, 2.75) is 20.0 Å². The van der Waals surface area contributed by atoms with E-state index < -0.39 is 10.8 Å². The van der Waals surface area contributed by atoms with Crippen molar-refractivity contribution < 1.29 is 14.5 Å². The van der Waals surface area contributed by atoms with E-state index >= 15 is 0 Å². The number of hydrogen-bond acceptors (Lipinski definition) is 5. The molecule has 0 aliphatic rings. The van der Waals surface area contributed by atoms with Gasteiger partial charge in [-0.15, -0.1) is 0 Å². The van der Waals surface area contributed by atoms with Gasteiger partial charge in [-0.05, 0) is 19.9 Å². The molecule has 0 spiro atoms. The Bertz CT molecular complexity index is 479. The van der Waals surface area contributed by atoms with Crippen molar-refractivity contribution in [2.24, 2.45) is 0 Å². The normalized spacial score (nSPS) is 10.5. The van der Waals surface area contributed by atoms with Gasteiger partial charge in [0, 0.05) is 6.54 Å². The number of pyridine rings is 1. The molecule has 0 radical (unpaired) electrons. The third-order valence-corrected chi connectivity index (χ3v) is 2.34. The number of amides is 1. The first-order chi connectivity index (χ1) is 8.91. The molecule has 0 unspecified atom stereocenters. The smallest absolute Gasteiger partial charge is 0.300 e. The van der Waals surface area contributed by atoms with Crippen LogP contribution in [0.3, 0.4) is 0 Å².